The summed E-state index contributed by atoms with van der Waals surface area (Å²) in [5, 5.41) is 61.8. The Morgan fingerprint density at radius 2 is 1.81 bits per heavy atom. The highest BCUT2D eigenvalue weighted by Gasteiger charge is 2.54. The highest BCUT2D eigenvalue weighted by atomic mass is 32.2. The summed E-state index contributed by atoms with van der Waals surface area (Å²) in [7, 11) is 0. The van der Waals surface area contributed by atoms with Crippen LogP contribution < -0.4 is 11.1 Å². The number of fused-ring (bicyclic) bond motifs is 2. The average Bonchev–Trinajstić information content (AvgIpc) is 3.76. The van der Waals surface area contributed by atoms with Gasteiger partial charge in [-0.25, -0.2) is 14.8 Å². The second-order valence-electron chi connectivity index (χ2n) is 11.6. The van der Waals surface area contributed by atoms with Crippen molar-refractivity contribution in [1.29, 1.82) is 0 Å². The van der Waals surface area contributed by atoms with Gasteiger partial charge in [-0.3, -0.25) is 14.5 Å². The topological polar surface area (TPSA) is 271 Å². The first-order chi connectivity index (χ1) is 25.4. The number of nitrogens with two attached hydrogens (primary N) is 1. The van der Waals surface area contributed by atoms with E-state index in [4.69, 9.17) is 10.6 Å². The Kier molecular flexibility index (Phi) is 9.45. The van der Waals surface area contributed by atoms with E-state index in [9.17, 15) is 39.9 Å². The van der Waals surface area contributed by atoms with Gasteiger partial charge in [0.1, 0.15) is 34.4 Å². The number of nitrogens with one attached hydrogen (secondary N) is 1. The van der Waals surface area contributed by atoms with Crippen molar-refractivity contribution in [2.24, 2.45) is 5.16 Å². The normalized spacial score (nSPS) is 17.1. The number of β-lactam (4-membered cyclic amide) rings is 1. The minimum Gasteiger partial charge on any atom is -0.504 e. The minimum absolute atomic E-state index is 0.0880. The molecule has 5 heterocycles. The van der Waals surface area contributed by atoms with E-state index < -0.39 is 29.2 Å². The summed E-state index contributed by atoms with van der Waals surface area (Å²) < 4.78 is 1.49. The summed E-state index contributed by atoms with van der Waals surface area (Å²) in [6, 6.07) is 8.90. The number of aromatic hydroxyl groups is 4. The number of anilines is 1. The molecular weight excluding hydrogens is 751 g/mol. The number of aliphatic carboxylic acids is 1. The number of amides is 2. The molecular formula is C32H27N9O9S3. The number of hydrogen-bond acceptors (Lipinski definition) is 17. The Morgan fingerprint density at radius 1 is 1.06 bits per heavy atom. The number of aromatic nitrogens is 5. The number of benzene rings is 2. The lowest BCUT2D eigenvalue weighted by Gasteiger charge is -2.49. The smallest absolute Gasteiger partial charge is 0.352 e. The monoisotopic (exact) mass is 777 g/mol. The van der Waals surface area contributed by atoms with E-state index in [0.29, 0.717) is 27.4 Å². The van der Waals surface area contributed by atoms with E-state index in [1.54, 1.807) is 19.1 Å². The molecule has 7 rings (SSSR count). The predicted molar refractivity (Wildman–Crippen MR) is 192 cm³/mol. The third-order valence-corrected chi connectivity index (χ3v) is 11.1. The van der Waals surface area contributed by atoms with Gasteiger partial charge in [-0.05, 0) is 54.5 Å². The van der Waals surface area contributed by atoms with Crippen LogP contribution in [0.25, 0.3) is 17.2 Å². The highest BCUT2D eigenvalue weighted by molar-refractivity contribution is 8.01. The Balaban J connectivity index is 1.07. The first kappa shape index (κ1) is 35.3. The number of carbonyl (C=O) groups is 3. The molecule has 1 saturated heterocycles. The molecule has 2 aliphatic heterocycles. The van der Waals surface area contributed by atoms with Gasteiger partial charge in [0, 0.05) is 28.1 Å². The Morgan fingerprint density at radius 3 is 2.51 bits per heavy atom. The molecule has 0 unspecified atom stereocenters. The number of carboxylic acids is 1. The van der Waals surface area contributed by atoms with Crippen molar-refractivity contribution in [3.05, 3.63) is 76.1 Å². The minimum atomic E-state index is -1.30. The van der Waals surface area contributed by atoms with Crippen molar-refractivity contribution in [2.45, 2.75) is 30.0 Å². The fourth-order valence-corrected chi connectivity index (χ4v) is 8.52. The number of phenols is 4. The van der Waals surface area contributed by atoms with Crippen molar-refractivity contribution in [2.75, 3.05) is 17.2 Å². The van der Waals surface area contributed by atoms with Gasteiger partial charge < -0.3 is 41.4 Å². The van der Waals surface area contributed by atoms with Gasteiger partial charge in [-0.1, -0.05) is 11.2 Å². The number of phenolic OH excluding ortho intramolecular Hbond substituents is 4. The highest BCUT2D eigenvalue weighted by Crippen LogP contribution is 2.42. The molecule has 0 radical (unpaired) electrons. The summed E-state index contributed by atoms with van der Waals surface area (Å²) in [5.41, 5.74) is 7.39. The fourth-order valence-electron chi connectivity index (χ4n) is 5.44. The molecule has 18 nitrogen and oxygen atoms in total. The zero-order chi connectivity index (χ0) is 37.6. The number of thioether (sulfide) groups is 2. The van der Waals surface area contributed by atoms with E-state index in [1.165, 1.54) is 63.8 Å². The molecule has 5 aromatic rings. The molecule has 0 aliphatic carbocycles. The molecule has 8 N–H and O–H groups in total. The van der Waals surface area contributed by atoms with Crippen LogP contribution in [0.3, 0.4) is 0 Å². The van der Waals surface area contributed by atoms with Gasteiger partial charge in [0.25, 0.3) is 17.6 Å². The van der Waals surface area contributed by atoms with Crippen molar-refractivity contribution < 1.29 is 44.8 Å². The Labute approximate surface area is 310 Å². The Hall–Kier alpha value is -6.06. The zero-order valence-corrected chi connectivity index (χ0v) is 29.6. The molecule has 0 bridgehead atoms. The molecule has 0 saturated carbocycles. The van der Waals surface area contributed by atoms with Crippen LogP contribution in [-0.2, 0) is 25.8 Å². The molecule has 21 heteroatoms. The largest absolute Gasteiger partial charge is 0.504 e. The third kappa shape index (κ3) is 6.95. The van der Waals surface area contributed by atoms with Crippen molar-refractivity contribution in [3.63, 3.8) is 0 Å². The number of nitrogen functional groups attached to an aromatic ring is 1. The number of thiazole rings is 1. The van der Waals surface area contributed by atoms with E-state index in [0.717, 1.165) is 16.2 Å². The van der Waals surface area contributed by atoms with Gasteiger partial charge in [0.2, 0.25) is 0 Å². The average molecular weight is 778 g/mol. The number of rotatable bonds is 11. The molecule has 2 atom stereocenters. The van der Waals surface area contributed by atoms with E-state index in [2.05, 4.69) is 30.5 Å². The summed E-state index contributed by atoms with van der Waals surface area (Å²) in [5.74, 6) is -3.11. The van der Waals surface area contributed by atoms with Crippen LogP contribution in [0, 0.1) is 6.92 Å². The number of carboxylic acid groups (broad SMARTS) is 1. The molecule has 2 aromatic carbocycles. The first-order valence-corrected chi connectivity index (χ1v) is 18.3. The number of nitrogens with zero attached hydrogens (tertiary/aromatic N) is 7. The number of hydrogen-bond donors (Lipinski definition) is 7. The second kappa shape index (κ2) is 14.2. The molecule has 2 amide bonds. The molecule has 2 aliphatic rings. The molecule has 272 valence electrons. The van der Waals surface area contributed by atoms with Crippen LogP contribution in [0.15, 0.2) is 69.3 Å². The van der Waals surface area contributed by atoms with Gasteiger partial charge in [0.05, 0.1) is 0 Å². The van der Waals surface area contributed by atoms with E-state index in [-0.39, 0.29) is 74.9 Å². The SMILES string of the molecule is Cc1cc(SCC2=C(C(=O)O)N3C(=O)[C@@H](NC(=O)/C(=N\OCc4ccc(O)c(O)c4)c4csc(N)n4)[C@H]3SC2)n2nc(-c3ccc(O)c(O)c3)nc2n1. The molecule has 1 fully saturated rings. The van der Waals surface area contributed by atoms with Crippen LogP contribution >= 0.6 is 34.9 Å². The Bertz CT molecular complexity index is 2380. The maximum absolute atomic E-state index is 13.5. The van der Waals surface area contributed by atoms with Crippen LogP contribution in [-0.4, -0.2) is 101 Å². The lowest BCUT2D eigenvalue weighted by Crippen LogP contribution is -2.71. The lowest BCUT2D eigenvalue weighted by atomic mass is 10.0. The van der Waals surface area contributed by atoms with Crippen LogP contribution in [0.1, 0.15) is 17.0 Å². The maximum atomic E-state index is 13.5. The van der Waals surface area contributed by atoms with Crippen LogP contribution in [0.2, 0.25) is 0 Å². The molecule has 53 heavy (non-hydrogen) atoms. The first-order valence-electron chi connectivity index (χ1n) is 15.4. The lowest BCUT2D eigenvalue weighted by molar-refractivity contribution is -0.150. The fraction of sp³-hybridized carbons (Fsp3) is 0.188. The number of oxime groups is 1. The van der Waals surface area contributed by atoms with Crippen LogP contribution in [0.4, 0.5) is 5.13 Å². The van der Waals surface area contributed by atoms with Crippen molar-refractivity contribution in [1.82, 2.24) is 34.8 Å². The third-order valence-electron chi connectivity index (χ3n) is 7.98. The summed E-state index contributed by atoms with van der Waals surface area (Å²) in [6.45, 7) is 1.59. The number of aryl methyl sites for hydroxylation is 1. The number of carbonyl (C=O) groups excluding carboxylic acids is 2. The summed E-state index contributed by atoms with van der Waals surface area (Å²) in [6.07, 6.45) is 0. The maximum Gasteiger partial charge on any atom is 0.352 e. The van der Waals surface area contributed by atoms with Crippen molar-refractivity contribution in [3.8, 4) is 34.4 Å². The van der Waals surface area contributed by atoms with Gasteiger partial charge >= 0.3 is 5.97 Å². The standard InChI is InChI=1S/C32H27N9O9S3/c1-13-6-22(41-32(34-13)37-26(38-41)15-3-5-19(43)21(45)8-15)51-10-16-11-52-29-24(28(47)40(29)25(16)30(48)49)36-27(46)23(17-12-53-31(33)35-17)39-50-9-14-2-4-18(42)20(44)7-14/h2-8,12,24,29,42-45H,9-11H2,1H3,(H2,33,35)(H,36,46)(H,48,49)/b39-23-/t24-,29-/m1/s1. The van der Waals surface area contributed by atoms with Crippen LogP contribution in [0.5, 0.6) is 23.0 Å². The summed E-state index contributed by atoms with van der Waals surface area (Å²) in [4.78, 5) is 59.0. The van der Waals surface area contributed by atoms with E-state index in [1.807, 2.05) is 0 Å². The summed E-state index contributed by atoms with van der Waals surface area (Å²) >= 11 is 3.62. The van der Waals surface area contributed by atoms with Gasteiger partial charge in [-0.15, -0.1) is 40.0 Å². The van der Waals surface area contributed by atoms with Gasteiger partial charge in [-0.2, -0.15) is 9.50 Å². The quantitative estimate of drug-likeness (QED) is 0.0253. The zero-order valence-electron chi connectivity index (χ0n) is 27.2. The predicted octanol–water partition coefficient (Wildman–Crippen LogP) is 2.41. The van der Waals surface area contributed by atoms with Gasteiger partial charge in [0.15, 0.2) is 39.7 Å². The van der Waals surface area contributed by atoms with Crippen molar-refractivity contribution >= 4 is 69.3 Å². The molecule has 3 aromatic heterocycles. The van der Waals surface area contributed by atoms with E-state index >= 15 is 0 Å². The second-order valence-corrected chi connectivity index (χ2v) is 14.6. The molecule has 0 spiro atoms.